The van der Waals surface area contributed by atoms with Gasteiger partial charge in [-0.1, -0.05) is 59.8 Å². The lowest BCUT2D eigenvalue weighted by Gasteiger charge is -2.31. The summed E-state index contributed by atoms with van der Waals surface area (Å²) in [5.74, 6) is -0.597. The van der Waals surface area contributed by atoms with Crippen molar-refractivity contribution in [2.45, 2.75) is 19.1 Å². The van der Waals surface area contributed by atoms with Crippen LogP contribution in [0.5, 0.6) is 5.75 Å². The predicted molar refractivity (Wildman–Crippen MR) is 145 cm³/mol. The van der Waals surface area contributed by atoms with Gasteiger partial charge in [0.1, 0.15) is 29.7 Å². The van der Waals surface area contributed by atoms with Crippen molar-refractivity contribution < 1.29 is 18.7 Å². The SMILES string of the molecule is COc1ccc(NC(=O)[C@H](c2ccc(F)cc2)N(Cc2ccccc2)C(=O)Cn2nnc3ccccc32)cc1. The number of methoxy groups -OCH3 is 1. The third-order valence-electron chi connectivity index (χ3n) is 6.32. The largest absolute Gasteiger partial charge is 0.497 e. The number of fused-ring (bicyclic) bond motifs is 1. The minimum Gasteiger partial charge on any atom is -0.497 e. The lowest BCUT2D eigenvalue weighted by atomic mass is 10.0. The van der Waals surface area contributed by atoms with Crippen molar-refractivity contribution in [1.29, 1.82) is 0 Å². The fourth-order valence-electron chi connectivity index (χ4n) is 4.36. The molecule has 0 bridgehead atoms. The maximum absolute atomic E-state index is 13.9. The number of nitrogens with zero attached hydrogens (tertiary/aromatic N) is 4. The number of amides is 2. The summed E-state index contributed by atoms with van der Waals surface area (Å²) in [5, 5.41) is 11.2. The molecule has 1 heterocycles. The van der Waals surface area contributed by atoms with E-state index < -0.39 is 17.8 Å². The molecule has 0 radical (unpaired) electrons. The summed E-state index contributed by atoms with van der Waals surface area (Å²) >= 11 is 0. The van der Waals surface area contributed by atoms with Gasteiger partial charge in [0.15, 0.2) is 0 Å². The molecule has 0 saturated carbocycles. The number of hydrogen-bond acceptors (Lipinski definition) is 5. The number of rotatable bonds is 9. The molecule has 1 N–H and O–H groups in total. The van der Waals surface area contributed by atoms with Crippen molar-refractivity contribution in [2.75, 3.05) is 12.4 Å². The third-order valence-corrected chi connectivity index (χ3v) is 6.32. The number of carbonyl (C=O) groups excluding carboxylic acids is 2. The first-order chi connectivity index (χ1) is 19.0. The Kier molecular flexibility index (Phi) is 7.58. The van der Waals surface area contributed by atoms with E-state index in [0.29, 0.717) is 28.0 Å². The monoisotopic (exact) mass is 523 g/mol. The number of halogens is 1. The van der Waals surface area contributed by atoms with Gasteiger partial charge in [0.2, 0.25) is 5.91 Å². The highest BCUT2D eigenvalue weighted by atomic mass is 19.1. The molecule has 5 rings (SSSR count). The maximum Gasteiger partial charge on any atom is 0.251 e. The van der Waals surface area contributed by atoms with Crippen molar-refractivity contribution in [3.8, 4) is 5.75 Å². The van der Waals surface area contributed by atoms with Gasteiger partial charge in [-0.2, -0.15) is 0 Å². The molecular weight excluding hydrogens is 497 g/mol. The first-order valence-corrected chi connectivity index (χ1v) is 12.3. The Morgan fingerprint density at radius 2 is 1.62 bits per heavy atom. The van der Waals surface area contributed by atoms with Crippen molar-refractivity contribution in [3.05, 3.63) is 120 Å². The van der Waals surface area contributed by atoms with Gasteiger partial charge in [0.05, 0.1) is 12.6 Å². The average molecular weight is 524 g/mol. The van der Waals surface area contributed by atoms with Gasteiger partial charge >= 0.3 is 0 Å². The zero-order valence-corrected chi connectivity index (χ0v) is 21.2. The summed E-state index contributed by atoms with van der Waals surface area (Å²) in [6, 6.07) is 28.1. The predicted octanol–water partition coefficient (Wildman–Crippen LogP) is 4.99. The third kappa shape index (κ3) is 5.93. The Labute approximate surface area is 224 Å². The first-order valence-electron chi connectivity index (χ1n) is 12.3. The second kappa shape index (κ2) is 11.6. The van der Waals surface area contributed by atoms with E-state index in [9.17, 15) is 14.0 Å². The number of ether oxygens (including phenoxy) is 1. The molecule has 1 atom stereocenters. The van der Waals surface area contributed by atoms with Crippen molar-refractivity contribution >= 4 is 28.5 Å². The molecule has 0 saturated heterocycles. The highest BCUT2D eigenvalue weighted by Gasteiger charge is 2.32. The van der Waals surface area contributed by atoms with Crippen molar-refractivity contribution in [3.63, 3.8) is 0 Å². The van der Waals surface area contributed by atoms with Crippen LogP contribution in [0.2, 0.25) is 0 Å². The standard InChI is InChI=1S/C30H26FN5O3/c1-39-25-17-15-24(16-18-25)32-30(38)29(22-11-13-23(31)14-12-22)35(19-21-7-3-2-4-8-21)28(37)20-36-27-10-6-5-9-26(27)33-34-36/h2-18,29H,19-20H2,1H3,(H,32,38)/t29-/m0/s1. The summed E-state index contributed by atoms with van der Waals surface area (Å²) in [4.78, 5) is 29.3. The zero-order valence-electron chi connectivity index (χ0n) is 21.2. The van der Waals surface area contributed by atoms with Crippen LogP contribution in [-0.4, -0.2) is 38.8 Å². The Bertz CT molecular complexity index is 1570. The summed E-state index contributed by atoms with van der Waals surface area (Å²) in [5.41, 5.74) is 3.19. The molecule has 8 nitrogen and oxygen atoms in total. The van der Waals surface area contributed by atoms with Crippen LogP contribution in [0, 0.1) is 5.82 Å². The van der Waals surface area contributed by atoms with E-state index in [1.807, 2.05) is 54.6 Å². The highest BCUT2D eigenvalue weighted by Crippen LogP contribution is 2.27. The normalized spacial score (nSPS) is 11.6. The van der Waals surface area contributed by atoms with Gasteiger partial charge in [-0.15, -0.1) is 5.10 Å². The number of nitrogens with one attached hydrogen (secondary N) is 1. The van der Waals surface area contributed by atoms with Gasteiger partial charge in [-0.3, -0.25) is 9.59 Å². The van der Waals surface area contributed by atoms with Crippen LogP contribution in [0.4, 0.5) is 10.1 Å². The summed E-state index contributed by atoms with van der Waals surface area (Å²) in [7, 11) is 1.56. The highest BCUT2D eigenvalue weighted by molar-refractivity contribution is 5.98. The minimum absolute atomic E-state index is 0.138. The molecule has 0 fully saturated rings. The number of benzene rings is 4. The topological polar surface area (TPSA) is 89.4 Å². The van der Waals surface area contributed by atoms with Gasteiger partial charge in [0, 0.05) is 12.2 Å². The second-order valence-corrected chi connectivity index (χ2v) is 8.91. The van der Waals surface area contributed by atoms with E-state index in [2.05, 4.69) is 15.6 Å². The molecular formula is C30H26FN5O3. The molecule has 0 spiro atoms. The summed E-state index contributed by atoms with van der Waals surface area (Å²) in [6.45, 7) is 0.00519. The van der Waals surface area contributed by atoms with Crippen molar-refractivity contribution in [2.24, 2.45) is 0 Å². The van der Waals surface area contributed by atoms with Gasteiger partial charge in [0.25, 0.3) is 5.91 Å². The molecule has 0 aliphatic heterocycles. The molecule has 196 valence electrons. The molecule has 9 heteroatoms. The Morgan fingerprint density at radius 3 is 2.33 bits per heavy atom. The van der Waals surface area contributed by atoms with Crippen LogP contribution in [0.15, 0.2) is 103 Å². The molecule has 39 heavy (non-hydrogen) atoms. The van der Waals surface area contributed by atoms with Crippen LogP contribution >= 0.6 is 0 Å². The van der Waals surface area contributed by atoms with Crippen LogP contribution in [-0.2, 0) is 22.7 Å². The Balaban J connectivity index is 1.53. The van der Waals surface area contributed by atoms with Crippen LogP contribution < -0.4 is 10.1 Å². The van der Waals surface area contributed by atoms with Crippen LogP contribution in [0.3, 0.4) is 0 Å². The molecule has 5 aromatic rings. The quantitative estimate of drug-likeness (QED) is 0.294. The van der Waals surface area contributed by atoms with E-state index >= 15 is 0 Å². The molecule has 0 aliphatic carbocycles. The first kappa shape index (κ1) is 25.6. The van der Waals surface area contributed by atoms with Gasteiger partial charge in [-0.25, -0.2) is 9.07 Å². The zero-order chi connectivity index (χ0) is 27.2. The Hall–Kier alpha value is -5.05. The number of aromatic nitrogens is 3. The van der Waals surface area contributed by atoms with E-state index in [4.69, 9.17) is 4.74 Å². The molecule has 2 amide bonds. The van der Waals surface area contributed by atoms with Crippen molar-refractivity contribution in [1.82, 2.24) is 19.9 Å². The average Bonchev–Trinajstić information content (AvgIpc) is 3.37. The van der Waals surface area contributed by atoms with Gasteiger partial charge in [-0.05, 0) is 59.7 Å². The van der Waals surface area contributed by atoms with Crippen LogP contribution in [0.1, 0.15) is 17.2 Å². The molecule has 0 unspecified atom stereocenters. The molecule has 1 aromatic heterocycles. The van der Waals surface area contributed by atoms with E-state index in [0.717, 1.165) is 5.56 Å². The second-order valence-electron chi connectivity index (χ2n) is 8.91. The number of para-hydroxylation sites is 1. The lowest BCUT2D eigenvalue weighted by Crippen LogP contribution is -2.42. The number of carbonyl (C=O) groups is 2. The summed E-state index contributed by atoms with van der Waals surface area (Å²) < 4.78 is 20.6. The van der Waals surface area contributed by atoms with E-state index in [-0.39, 0.29) is 19.0 Å². The maximum atomic E-state index is 13.9. The van der Waals surface area contributed by atoms with Gasteiger partial charge < -0.3 is 15.0 Å². The van der Waals surface area contributed by atoms with E-state index in [1.54, 1.807) is 31.4 Å². The fraction of sp³-hybridized carbons (Fsp3) is 0.133. The summed E-state index contributed by atoms with van der Waals surface area (Å²) in [6.07, 6.45) is 0. The molecule has 0 aliphatic rings. The Morgan fingerprint density at radius 1 is 0.923 bits per heavy atom. The number of anilines is 1. The molecule has 4 aromatic carbocycles. The van der Waals surface area contributed by atoms with E-state index in [1.165, 1.54) is 33.8 Å². The number of hydrogen-bond donors (Lipinski definition) is 1. The fourth-order valence-corrected chi connectivity index (χ4v) is 4.36. The lowest BCUT2D eigenvalue weighted by molar-refractivity contribution is -0.140. The smallest absolute Gasteiger partial charge is 0.251 e. The minimum atomic E-state index is -1.06. The van der Waals surface area contributed by atoms with Crippen LogP contribution in [0.25, 0.3) is 11.0 Å².